The summed E-state index contributed by atoms with van der Waals surface area (Å²) in [6, 6.07) is 0.181. The lowest BCUT2D eigenvalue weighted by atomic mass is 10.1. The number of aliphatic imine (C=N–C) groups is 1. The number of nitrogens with zero attached hydrogens (tertiary/aromatic N) is 1. The van der Waals surface area contributed by atoms with Gasteiger partial charge in [-0.15, -0.1) is 0 Å². The summed E-state index contributed by atoms with van der Waals surface area (Å²) >= 11 is 0. The minimum absolute atomic E-state index is 0.181. The van der Waals surface area contributed by atoms with Crippen molar-refractivity contribution in [2.45, 2.75) is 25.8 Å². The first kappa shape index (κ1) is 15.2. The Morgan fingerprint density at radius 1 is 1.58 bits per heavy atom. The lowest BCUT2D eigenvalue weighted by Crippen LogP contribution is -2.32. The number of esters is 1. The average molecular weight is 263 g/mol. The molecule has 5 heteroatoms. The van der Waals surface area contributed by atoms with Gasteiger partial charge in [0.05, 0.1) is 7.11 Å². The molecule has 0 unspecified atom stereocenters. The molecule has 1 aliphatic rings. The van der Waals surface area contributed by atoms with E-state index < -0.39 is 0 Å². The lowest BCUT2D eigenvalue weighted by Gasteiger charge is -2.13. The van der Waals surface area contributed by atoms with E-state index in [0.29, 0.717) is 6.54 Å². The van der Waals surface area contributed by atoms with Gasteiger partial charge in [0.2, 0.25) is 0 Å². The summed E-state index contributed by atoms with van der Waals surface area (Å²) in [6.45, 7) is 2.56. The Bertz CT molecular complexity index is 422. The number of carbonyl (C=O) groups excluding carboxylic acids is 1. The number of allylic oxidation sites excluding steroid dienone is 4. The fourth-order valence-corrected chi connectivity index (χ4v) is 1.47. The molecule has 0 radical (unpaired) electrons. The number of nitrogens with one attached hydrogen (secondary N) is 1. The fraction of sp³-hybridized carbons (Fsp3) is 0.429. The SMILES string of the molecule is COC(=O)/C=C/C1=C\CC\C=C(N[C@H](C)CN)/N=C\1. The maximum atomic E-state index is 11.0. The van der Waals surface area contributed by atoms with Crippen LogP contribution in [0.2, 0.25) is 0 Å². The van der Waals surface area contributed by atoms with Crippen LogP contribution >= 0.6 is 0 Å². The highest BCUT2D eigenvalue weighted by Gasteiger charge is 2.02. The van der Waals surface area contributed by atoms with Crippen molar-refractivity contribution in [3.63, 3.8) is 0 Å². The fourth-order valence-electron chi connectivity index (χ4n) is 1.47. The van der Waals surface area contributed by atoms with Crippen LogP contribution in [-0.2, 0) is 9.53 Å². The second kappa shape index (κ2) is 8.26. The summed E-state index contributed by atoms with van der Waals surface area (Å²) in [4.78, 5) is 15.4. The second-order valence-electron chi connectivity index (χ2n) is 4.27. The van der Waals surface area contributed by atoms with Crippen molar-refractivity contribution in [2.24, 2.45) is 10.7 Å². The van der Waals surface area contributed by atoms with Crippen molar-refractivity contribution in [1.29, 1.82) is 0 Å². The standard InChI is InChI=1S/C14H21N3O2/c1-11(9-15)17-13-6-4-3-5-12(10-16-13)7-8-14(18)19-2/h5-8,10-11,17H,3-4,9,15H2,1-2H3/b8-7+,12-5+,13-6+,16-10-/t11-/m1/s1. The van der Waals surface area contributed by atoms with Crippen molar-refractivity contribution < 1.29 is 9.53 Å². The summed E-state index contributed by atoms with van der Waals surface area (Å²) in [6.07, 6.45) is 10.7. The third-order valence-electron chi connectivity index (χ3n) is 2.60. The van der Waals surface area contributed by atoms with Gasteiger partial charge in [0.15, 0.2) is 0 Å². The molecule has 1 rings (SSSR count). The van der Waals surface area contributed by atoms with Gasteiger partial charge in [-0.3, -0.25) is 0 Å². The molecule has 0 amide bonds. The maximum absolute atomic E-state index is 11.0. The third kappa shape index (κ3) is 6.01. The molecule has 104 valence electrons. The van der Waals surface area contributed by atoms with Gasteiger partial charge in [-0.1, -0.05) is 6.08 Å². The second-order valence-corrected chi connectivity index (χ2v) is 4.27. The van der Waals surface area contributed by atoms with E-state index in [1.807, 2.05) is 19.1 Å². The van der Waals surface area contributed by atoms with Crippen LogP contribution in [0.4, 0.5) is 0 Å². The number of carbonyl (C=O) groups is 1. The molecule has 0 saturated carbocycles. The van der Waals surface area contributed by atoms with Gasteiger partial charge in [0.1, 0.15) is 5.82 Å². The summed E-state index contributed by atoms with van der Waals surface area (Å²) in [5.41, 5.74) is 6.45. The zero-order valence-corrected chi connectivity index (χ0v) is 11.4. The zero-order chi connectivity index (χ0) is 14.1. The van der Waals surface area contributed by atoms with Crippen LogP contribution in [-0.4, -0.2) is 31.9 Å². The van der Waals surface area contributed by atoms with Gasteiger partial charge in [-0.25, -0.2) is 9.79 Å². The molecule has 0 aromatic carbocycles. The molecule has 3 N–H and O–H groups in total. The van der Waals surface area contributed by atoms with Crippen LogP contribution in [0.15, 0.2) is 40.7 Å². The van der Waals surface area contributed by atoms with Crippen molar-refractivity contribution in [3.05, 3.63) is 35.7 Å². The van der Waals surface area contributed by atoms with Crippen LogP contribution in [0, 0.1) is 0 Å². The Labute approximate surface area is 113 Å². The van der Waals surface area contributed by atoms with E-state index >= 15 is 0 Å². The highest BCUT2D eigenvalue weighted by atomic mass is 16.5. The molecule has 0 aromatic rings. The first-order chi connectivity index (χ1) is 9.15. The highest BCUT2D eigenvalue weighted by molar-refractivity contribution is 5.88. The maximum Gasteiger partial charge on any atom is 0.330 e. The number of rotatable bonds is 5. The Morgan fingerprint density at radius 2 is 2.32 bits per heavy atom. The molecule has 1 atom stereocenters. The van der Waals surface area contributed by atoms with Crippen LogP contribution in [0.1, 0.15) is 19.8 Å². The summed E-state index contributed by atoms with van der Waals surface area (Å²) in [5, 5.41) is 3.23. The van der Waals surface area contributed by atoms with Gasteiger partial charge in [-0.05, 0) is 37.5 Å². The number of hydrogen-bond acceptors (Lipinski definition) is 5. The Morgan fingerprint density at radius 3 is 3.00 bits per heavy atom. The average Bonchev–Trinajstić information content (AvgIpc) is 2.40. The van der Waals surface area contributed by atoms with Gasteiger partial charge < -0.3 is 15.8 Å². The van der Waals surface area contributed by atoms with E-state index in [-0.39, 0.29) is 12.0 Å². The molecule has 1 heterocycles. The molecular formula is C14H21N3O2. The van der Waals surface area contributed by atoms with Crippen molar-refractivity contribution in [1.82, 2.24) is 5.32 Å². The quantitative estimate of drug-likeness (QED) is 0.579. The van der Waals surface area contributed by atoms with Gasteiger partial charge in [0, 0.05) is 24.9 Å². The molecule has 0 spiro atoms. The Balaban J connectivity index is 2.68. The summed E-state index contributed by atoms with van der Waals surface area (Å²) in [5.74, 6) is 0.442. The van der Waals surface area contributed by atoms with Gasteiger partial charge in [0.25, 0.3) is 0 Å². The highest BCUT2D eigenvalue weighted by Crippen LogP contribution is 2.08. The molecule has 0 saturated heterocycles. The molecule has 0 aliphatic carbocycles. The molecule has 5 nitrogen and oxygen atoms in total. The number of nitrogens with two attached hydrogens (primary N) is 1. The minimum atomic E-state index is -0.373. The molecule has 0 fully saturated rings. The van der Waals surface area contributed by atoms with E-state index in [2.05, 4.69) is 15.0 Å². The first-order valence-electron chi connectivity index (χ1n) is 6.32. The number of hydrogen-bond donors (Lipinski definition) is 2. The predicted octanol–water partition coefficient (Wildman–Crippen LogP) is 1.28. The van der Waals surface area contributed by atoms with Crippen molar-refractivity contribution in [2.75, 3.05) is 13.7 Å². The van der Waals surface area contributed by atoms with E-state index in [1.165, 1.54) is 13.2 Å². The Kier molecular flexibility index (Phi) is 6.60. The number of methoxy groups -OCH3 is 1. The zero-order valence-electron chi connectivity index (χ0n) is 11.4. The third-order valence-corrected chi connectivity index (χ3v) is 2.60. The van der Waals surface area contributed by atoms with E-state index in [0.717, 1.165) is 24.2 Å². The summed E-state index contributed by atoms with van der Waals surface area (Å²) in [7, 11) is 1.35. The summed E-state index contributed by atoms with van der Waals surface area (Å²) < 4.78 is 4.55. The van der Waals surface area contributed by atoms with Crippen LogP contribution in [0.25, 0.3) is 0 Å². The molecular weight excluding hydrogens is 242 g/mol. The van der Waals surface area contributed by atoms with Crippen LogP contribution < -0.4 is 11.1 Å². The Hall–Kier alpha value is -1.88. The van der Waals surface area contributed by atoms with Crippen LogP contribution in [0.3, 0.4) is 0 Å². The molecule has 0 bridgehead atoms. The van der Waals surface area contributed by atoms with E-state index in [9.17, 15) is 4.79 Å². The van der Waals surface area contributed by atoms with Gasteiger partial charge >= 0.3 is 5.97 Å². The topological polar surface area (TPSA) is 76.7 Å². The van der Waals surface area contributed by atoms with Crippen molar-refractivity contribution >= 4 is 12.2 Å². The minimum Gasteiger partial charge on any atom is -0.466 e. The molecule has 19 heavy (non-hydrogen) atoms. The van der Waals surface area contributed by atoms with E-state index in [4.69, 9.17) is 5.73 Å². The normalized spacial score (nSPS) is 24.4. The first-order valence-corrected chi connectivity index (χ1v) is 6.32. The monoisotopic (exact) mass is 263 g/mol. The molecule has 1 aliphatic heterocycles. The lowest BCUT2D eigenvalue weighted by molar-refractivity contribution is -0.134. The smallest absolute Gasteiger partial charge is 0.330 e. The van der Waals surface area contributed by atoms with Crippen molar-refractivity contribution in [3.8, 4) is 0 Å². The van der Waals surface area contributed by atoms with Crippen LogP contribution in [0.5, 0.6) is 0 Å². The predicted molar refractivity (Wildman–Crippen MR) is 76.7 cm³/mol. The van der Waals surface area contributed by atoms with E-state index in [1.54, 1.807) is 12.3 Å². The number of ether oxygens (including phenoxy) is 1. The molecule has 0 aromatic heterocycles. The largest absolute Gasteiger partial charge is 0.466 e. The van der Waals surface area contributed by atoms with Gasteiger partial charge in [-0.2, -0.15) is 0 Å².